The van der Waals surface area contributed by atoms with Crippen molar-refractivity contribution in [2.45, 2.75) is 32.8 Å². The number of halogens is 1. The SMILES string of the molecule is CC(C)(C)OC(=O)C(=O)NCCc1ccc(F)cc1. The van der Waals surface area contributed by atoms with Crippen molar-refractivity contribution in [3.8, 4) is 0 Å². The van der Waals surface area contributed by atoms with Gasteiger partial charge in [-0.1, -0.05) is 12.1 Å². The van der Waals surface area contributed by atoms with Crippen molar-refractivity contribution in [2.24, 2.45) is 0 Å². The molecule has 5 heteroatoms. The molecule has 19 heavy (non-hydrogen) atoms. The molecule has 0 atom stereocenters. The van der Waals surface area contributed by atoms with Crippen LogP contribution in [0.4, 0.5) is 4.39 Å². The number of hydrogen-bond donors (Lipinski definition) is 1. The van der Waals surface area contributed by atoms with Crippen LogP contribution in [0.25, 0.3) is 0 Å². The van der Waals surface area contributed by atoms with E-state index in [1.54, 1.807) is 32.9 Å². The average Bonchev–Trinajstić information content (AvgIpc) is 2.29. The van der Waals surface area contributed by atoms with E-state index in [4.69, 9.17) is 4.74 Å². The van der Waals surface area contributed by atoms with Crippen LogP contribution in [0.15, 0.2) is 24.3 Å². The van der Waals surface area contributed by atoms with Crippen molar-refractivity contribution in [3.63, 3.8) is 0 Å². The van der Waals surface area contributed by atoms with Crippen LogP contribution in [-0.4, -0.2) is 24.0 Å². The second-order valence-electron chi connectivity index (χ2n) is 5.13. The van der Waals surface area contributed by atoms with Crippen LogP contribution in [0.2, 0.25) is 0 Å². The summed E-state index contributed by atoms with van der Waals surface area (Å²) in [7, 11) is 0. The van der Waals surface area contributed by atoms with E-state index in [9.17, 15) is 14.0 Å². The third kappa shape index (κ3) is 5.99. The first-order chi connectivity index (χ1) is 8.78. The van der Waals surface area contributed by atoms with Crippen LogP contribution >= 0.6 is 0 Å². The molecule has 0 spiro atoms. The zero-order valence-corrected chi connectivity index (χ0v) is 11.3. The lowest BCUT2D eigenvalue weighted by Crippen LogP contribution is -2.37. The van der Waals surface area contributed by atoms with Gasteiger partial charge in [0, 0.05) is 6.54 Å². The Hall–Kier alpha value is -1.91. The van der Waals surface area contributed by atoms with Gasteiger partial charge in [0.2, 0.25) is 0 Å². The molecule has 1 amide bonds. The first-order valence-electron chi connectivity index (χ1n) is 6.03. The molecule has 4 nitrogen and oxygen atoms in total. The number of ether oxygens (including phenoxy) is 1. The highest BCUT2D eigenvalue weighted by Crippen LogP contribution is 2.06. The summed E-state index contributed by atoms with van der Waals surface area (Å²) in [6.45, 7) is 5.37. The molecule has 0 saturated carbocycles. The number of carbonyl (C=O) groups is 2. The average molecular weight is 267 g/mol. The molecule has 104 valence electrons. The van der Waals surface area contributed by atoms with Crippen LogP contribution in [0.3, 0.4) is 0 Å². The molecule has 0 aliphatic heterocycles. The Balaban J connectivity index is 2.35. The second-order valence-corrected chi connectivity index (χ2v) is 5.13. The largest absolute Gasteiger partial charge is 0.453 e. The first-order valence-corrected chi connectivity index (χ1v) is 6.03. The highest BCUT2D eigenvalue weighted by Gasteiger charge is 2.22. The fraction of sp³-hybridized carbons (Fsp3) is 0.429. The number of hydrogen-bond acceptors (Lipinski definition) is 3. The van der Waals surface area contributed by atoms with Gasteiger partial charge in [-0.2, -0.15) is 0 Å². The Morgan fingerprint density at radius 1 is 1.21 bits per heavy atom. The third-order valence-electron chi connectivity index (χ3n) is 2.20. The van der Waals surface area contributed by atoms with Crippen molar-refractivity contribution < 1.29 is 18.7 Å². The van der Waals surface area contributed by atoms with Gasteiger partial charge < -0.3 is 10.1 Å². The van der Waals surface area contributed by atoms with Gasteiger partial charge >= 0.3 is 11.9 Å². The van der Waals surface area contributed by atoms with Gasteiger partial charge in [0.15, 0.2) is 0 Å². The lowest BCUT2D eigenvalue weighted by molar-refractivity contribution is -0.163. The number of amides is 1. The summed E-state index contributed by atoms with van der Waals surface area (Å²) in [4.78, 5) is 22.8. The number of esters is 1. The summed E-state index contributed by atoms with van der Waals surface area (Å²) >= 11 is 0. The summed E-state index contributed by atoms with van der Waals surface area (Å²) in [6.07, 6.45) is 0.523. The van der Waals surface area contributed by atoms with Gasteiger partial charge in [-0.3, -0.25) is 4.79 Å². The lowest BCUT2D eigenvalue weighted by Gasteiger charge is -2.18. The normalized spacial score (nSPS) is 10.9. The van der Waals surface area contributed by atoms with E-state index in [1.165, 1.54) is 12.1 Å². The number of nitrogens with one attached hydrogen (secondary N) is 1. The van der Waals surface area contributed by atoms with E-state index in [1.807, 2.05) is 0 Å². The van der Waals surface area contributed by atoms with Gasteiger partial charge in [0.25, 0.3) is 0 Å². The van der Waals surface area contributed by atoms with Gasteiger partial charge in [0.1, 0.15) is 11.4 Å². The molecule has 0 aromatic heterocycles. The first kappa shape index (κ1) is 15.1. The van der Waals surface area contributed by atoms with Crippen LogP contribution in [0.1, 0.15) is 26.3 Å². The third-order valence-corrected chi connectivity index (χ3v) is 2.20. The quantitative estimate of drug-likeness (QED) is 0.671. The predicted molar refractivity (Wildman–Crippen MR) is 69.0 cm³/mol. The van der Waals surface area contributed by atoms with E-state index in [0.29, 0.717) is 13.0 Å². The fourth-order valence-corrected chi connectivity index (χ4v) is 1.37. The zero-order chi connectivity index (χ0) is 14.5. The zero-order valence-electron chi connectivity index (χ0n) is 11.3. The molecule has 1 rings (SSSR count). The Labute approximate surface area is 112 Å². The van der Waals surface area contributed by atoms with Gasteiger partial charge in [-0.05, 0) is 44.9 Å². The van der Waals surface area contributed by atoms with Crippen molar-refractivity contribution in [2.75, 3.05) is 6.54 Å². The Morgan fingerprint density at radius 2 is 1.79 bits per heavy atom. The van der Waals surface area contributed by atoms with Crippen molar-refractivity contribution in [3.05, 3.63) is 35.6 Å². The molecule has 0 aliphatic carbocycles. The molecule has 0 bridgehead atoms. The number of carbonyl (C=O) groups excluding carboxylic acids is 2. The Kier molecular flexibility index (Phi) is 5.03. The molecule has 0 radical (unpaired) electrons. The maximum absolute atomic E-state index is 12.7. The molecule has 0 fully saturated rings. The molecule has 0 heterocycles. The standard InChI is InChI=1S/C14H18FNO3/c1-14(2,3)19-13(18)12(17)16-9-8-10-4-6-11(15)7-5-10/h4-7H,8-9H2,1-3H3,(H,16,17). The smallest absolute Gasteiger partial charge is 0.397 e. The maximum atomic E-state index is 12.7. The Bertz CT molecular complexity index is 449. The van der Waals surface area contributed by atoms with Gasteiger partial charge in [0.05, 0.1) is 0 Å². The van der Waals surface area contributed by atoms with Crippen LogP contribution in [0, 0.1) is 5.82 Å². The molecular formula is C14H18FNO3. The highest BCUT2D eigenvalue weighted by molar-refractivity contribution is 6.32. The molecule has 1 aromatic carbocycles. The molecule has 0 aliphatic rings. The van der Waals surface area contributed by atoms with Crippen molar-refractivity contribution >= 4 is 11.9 Å². The summed E-state index contributed by atoms with van der Waals surface area (Å²) in [5.74, 6) is -1.97. The minimum atomic E-state index is -0.897. The van der Waals surface area contributed by atoms with E-state index in [2.05, 4.69) is 5.32 Å². The summed E-state index contributed by atoms with van der Waals surface area (Å²) < 4.78 is 17.6. The van der Waals surface area contributed by atoms with Crippen LogP contribution in [0.5, 0.6) is 0 Å². The summed E-state index contributed by atoms with van der Waals surface area (Å²) in [5, 5.41) is 2.46. The minimum Gasteiger partial charge on any atom is -0.453 e. The molecular weight excluding hydrogens is 249 g/mol. The van der Waals surface area contributed by atoms with E-state index >= 15 is 0 Å². The van der Waals surface area contributed by atoms with Gasteiger partial charge in [-0.15, -0.1) is 0 Å². The summed E-state index contributed by atoms with van der Waals surface area (Å²) in [5.41, 5.74) is 0.191. The number of rotatable bonds is 3. The topological polar surface area (TPSA) is 55.4 Å². The fourth-order valence-electron chi connectivity index (χ4n) is 1.37. The molecule has 1 N–H and O–H groups in total. The molecule has 0 saturated heterocycles. The van der Waals surface area contributed by atoms with E-state index < -0.39 is 17.5 Å². The maximum Gasteiger partial charge on any atom is 0.397 e. The second kappa shape index (κ2) is 6.31. The van der Waals surface area contributed by atoms with Gasteiger partial charge in [-0.25, -0.2) is 9.18 Å². The Morgan fingerprint density at radius 3 is 2.32 bits per heavy atom. The van der Waals surface area contributed by atoms with Crippen LogP contribution < -0.4 is 5.32 Å². The predicted octanol–water partition coefficient (Wildman–Crippen LogP) is 1.83. The molecule has 0 unspecified atom stereocenters. The van der Waals surface area contributed by atoms with Crippen LogP contribution in [-0.2, 0) is 20.7 Å². The summed E-state index contributed by atoms with van der Waals surface area (Å²) in [6, 6.07) is 5.97. The monoisotopic (exact) mass is 267 g/mol. The van der Waals surface area contributed by atoms with Crippen molar-refractivity contribution in [1.29, 1.82) is 0 Å². The minimum absolute atomic E-state index is 0.295. The molecule has 1 aromatic rings. The van der Waals surface area contributed by atoms with E-state index in [0.717, 1.165) is 5.56 Å². The highest BCUT2D eigenvalue weighted by atomic mass is 19.1. The van der Waals surface area contributed by atoms with E-state index in [-0.39, 0.29) is 5.82 Å². The van der Waals surface area contributed by atoms with Crippen molar-refractivity contribution in [1.82, 2.24) is 5.32 Å². The lowest BCUT2D eigenvalue weighted by atomic mass is 10.1. The number of benzene rings is 1.